The molecule has 18 heavy (non-hydrogen) atoms. The lowest BCUT2D eigenvalue weighted by atomic mass is 9.93. The summed E-state index contributed by atoms with van der Waals surface area (Å²) >= 11 is 0. The van der Waals surface area contributed by atoms with Crippen LogP contribution in [0.2, 0.25) is 0 Å². The number of hydrogen-bond acceptors (Lipinski definition) is 4. The zero-order valence-corrected chi connectivity index (χ0v) is 11.6. The number of benzene rings is 1. The Balaban J connectivity index is 2.56. The Hall–Kier alpha value is -1.36. The molecule has 0 saturated heterocycles. The number of fused-ring (bicyclic) bond motifs is 1. The summed E-state index contributed by atoms with van der Waals surface area (Å²) in [6.07, 6.45) is 1.61. The average Bonchev–Trinajstić information content (AvgIpc) is 2.28. The summed E-state index contributed by atoms with van der Waals surface area (Å²) in [6.45, 7) is 3.92. The van der Waals surface area contributed by atoms with Crippen LogP contribution in [0.25, 0.3) is 0 Å². The van der Waals surface area contributed by atoms with Crippen LogP contribution >= 0.6 is 0 Å². The van der Waals surface area contributed by atoms with E-state index in [1.807, 2.05) is 18.2 Å². The fourth-order valence-corrected chi connectivity index (χ4v) is 4.17. The molecule has 0 aliphatic carbocycles. The number of nitrogens with zero attached hydrogens (tertiary/aromatic N) is 1. The maximum Gasteiger partial charge on any atom is 0.315 e. The first-order valence-electron chi connectivity index (χ1n) is 5.94. The summed E-state index contributed by atoms with van der Waals surface area (Å²) in [6, 6.07) is 6.95. The van der Waals surface area contributed by atoms with Gasteiger partial charge in [-0.3, -0.25) is 4.79 Å². The number of esters is 1. The van der Waals surface area contributed by atoms with E-state index in [2.05, 4.69) is 4.36 Å². The van der Waals surface area contributed by atoms with Crippen LogP contribution < -0.4 is 0 Å². The first kappa shape index (κ1) is 13.1. The van der Waals surface area contributed by atoms with Gasteiger partial charge in [0.25, 0.3) is 0 Å². The Bertz CT molecular complexity index is 588. The van der Waals surface area contributed by atoms with Crippen molar-refractivity contribution in [1.82, 2.24) is 0 Å². The van der Waals surface area contributed by atoms with Crippen molar-refractivity contribution in [3.63, 3.8) is 0 Å². The standard InChI is InChI=1S/C13H17NO3S/c1-4-17-13(15)12-9(2)14-18(3,16)11-8-6-5-7-10(11)12/h5-9,12H,4H2,1-3H3. The molecule has 1 aromatic rings. The fraction of sp³-hybridized carbons (Fsp3) is 0.462. The number of carbonyl (C=O) groups is 1. The zero-order valence-electron chi connectivity index (χ0n) is 10.8. The predicted octanol–water partition coefficient (Wildman–Crippen LogP) is 2.19. The van der Waals surface area contributed by atoms with Crippen LogP contribution in [-0.4, -0.2) is 29.1 Å². The zero-order chi connectivity index (χ0) is 13.3. The Morgan fingerprint density at radius 3 is 2.78 bits per heavy atom. The van der Waals surface area contributed by atoms with E-state index < -0.39 is 15.6 Å². The smallest absolute Gasteiger partial charge is 0.315 e. The fourth-order valence-electron chi connectivity index (χ4n) is 2.33. The van der Waals surface area contributed by atoms with Gasteiger partial charge in [-0.25, -0.2) is 8.57 Å². The first-order valence-corrected chi connectivity index (χ1v) is 7.86. The molecule has 1 aliphatic rings. The maximum absolute atomic E-state index is 12.4. The van der Waals surface area contributed by atoms with Crippen LogP contribution in [0, 0.1) is 0 Å². The molecule has 0 bridgehead atoms. The van der Waals surface area contributed by atoms with Crippen molar-refractivity contribution in [3.05, 3.63) is 29.8 Å². The third kappa shape index (κ3) is 2.14. The molecule has 4 nitrogen and oxygen atoms in total. The van der Waals surface area contributed by atoms with Gasteiger partial charge >= 0.3 is 5.97 Å². The van der Waals surface area contributed by atoms with Gasteiger partial charge in [-0.1, -0.05) is 18.2 Å². The molecule has 0 spiro atoms. The van der Waals surface area contributed by atoms with Crippen molar-refractivity contribution in [2.45, 2.75) is 30.7 Å². The molecule has 1 aliphatic heterocycles. The molecule has 98 valence electrons. The van der Waals surface area contributed by atoms with Crippen LogP contribution in [0.5, 0.6) is 0 Å². The lowest BCUT2D eigenvalue weighted by molar-refractivity contribution is -0.145. The van der Waals surface area contributed by atoms with Gasteiger partial charge in [0.1, 0.15) is 5.92 Å². The lowest BCUT2D eigenvalue weighted by Gasteiger charge is -2.27. The van der Waals surface area contributed by atoms with Gasteiger partial charge in [-0.05, 0) is 25.5 Å². The number of carbonyl (C=O) groups excluding carboxylic acids is 1. The minimum atomic E-state index is -2.41. The minimum absolute atomic E-state index is 0.295. The van der Waals surface area contributed by atoms with E-state index in [0.29, 0.717) is 11.5 Å². The van der Waals surface area contributed by atoms with Crippen molar-refractivity contribution < 1.29 is 13.7 Å². The molecule has 0 N–H and O–H groups in total. The summed E-state index contributed by atoms with van der Waals surface area (Å²) in [5.41, 5.74) is 0.783. The number of rotatable bonds is 2. The van der Waals surface area contributed by atoms with Crippen molar-refractivity contribution >= 4 is 15.7 Å². The number of hydrogen-bond donors (Lipinski definition) is 0. The van der Waals surface area contributed by atoms with E-state index in [-0.39, 0.29) is 12.0 Å². The van der Waals surface area contributed by atoms with Gasteiger partial charge in [0.2, 0.25) is 0 Å². The topological polar surface area (TPSA) is 55.7 Å². The molecule has 0 saturated carbocycles. The van der Waals surface area contributed by atoms with Gasteiger partial charge in [-0.15, -0.1) is 0 Å². The van der Waals surface area contributed by atoms with Crippen LogP contribution in [0.4, 0.5) is 0 Å². The molecule has 3 atom stereocenters. The second kappa shape index (κ2) is 4.72. The average molecular weight is 267 g/mol. The summed E-state index contributed by atoms with van der Waals surface area (Å²) in [4.78, 5) is 12.7. The lowest BCUT2D eigenvalue weighted by Crippen LogP contribution is -2.30. The Morgan fingerprint density at radius 1 is 1.44 bits per heavy atom. The molecule has 2 rings (SSSR count). The summed E-state index contributed by atoms with van der Waals surface area (Å²) in [5, 5.41) is 0. The highest BCUT2D eigenvalue weighted by Gasteiger charge is 2.35. The normalized spacial score (nSPS) is 30.2. The monoisotopic (exact) mass is 267 g/mol. The second-order valence-corrected chi connectivity index (χ2v) is 6.67. The largest absolute Gasteiger partial charge is 0.465 e. The van der Waals surface area contributed by atoms with Gasteiger partial charge in [0.15, 0.2) is 0 Å². The molecular weight excluding hydrogens is 250 g/mol. The Morgan fingerprint density at radius 2 is 2.11 bits per heavy atom. The van der Waals surface area contributed by atoms with Crippen molar-refractivity contribution in [1.29, 1.82) is 0 Å². The van der Waals surface area contributed by atoms with E-state index in [0.717, 1.165) is 5.56 Å². The highest BCUT2D eigenvalue weighted by molar-refractivity contribution is 7.93. The van der Waals surface area contributed by atoms with Crippen LogP contribution in [0.1, 0.15) is 25.3 Å². The first-order chi connectivity index (χ1) is 8.47. The molecule has 1 aromatic carbocycles. The molecule has 0 fully saturated rings. The van der Waals surface area contributed by atoms with Crippen LogP contribution in [0.3, 0.4) is 0 Å². The van der Waals surface area contributed by atoms with Crippen molar-refractivity contribution in [2.75, 3.05) is 12.9 Å². The molecule has 5 heteroatoms. The third-order valence-electron chi connectivity index (χ3n) is 3.05. The van der Waals surface area contributed by atoms with E-state index in [1.54, 1.807) is 26.2 Å². The summed E-state index contributed by atoms with van der Waals surface area (Å²) < 4.78 is 21.8. The SMILES string of the molecule is CCOC(=O)C1c2ccccc2S(C)(=O)=NC1C. The quantitative estimate of drug-likeness (QED) is 0.772. The van der Waals surface area contributed by atoms with Crippen LogP contribution in [0.15, 0.2) is 33.5 Å². The Labute approximate surface area is 108 Å². The van der Waals surface area contributed by atoms with Gasteiger partial charge in [0.05, 0.1) is 27.3 Å². The van der Waals surface area contributed by atoms with Gasteiger partial charge < -0.3 is 4.74 Å². The molecule has 0 radical (unpaired) electrons. The van der Waals surface area contributed by atoms with Gasteiger partial charge in [-0.2, -0.15) is 0 Å². The summed E-state index contributed by atoms with van der Waals surface area (Å²) in [7, 11) is -2.41. The second-order valence-electron chi connectivity index (χ2n) is 4.42. The molecular formula is C13H17NO3S. The molecule has 3 unspecified atom stereocenters. The van der Waals surface area contributed by atoms with Crippen molar-refractivity contribution in [3.8, 4) is 0 Å². The molecule has 1 heterocycles. The molecule has 0 amide bonds. The van der Waals surface area contributed by atoms with E-state index in [4.69, 9.17) is 4.74 Å². The number of ether oxygens (including phenoxy) is 1. The van der Waals surface area contributed by atoms with Crippen molar-refractivity contribution in [2.24, 2.45) is 4.36 Å². The van der Waals surface area contributed by atoms with E-state index >= 15 is 0 Å². The Kier molecular flexibility index (Phi) is 3.43. The van der Waals surface area contributed by atoms with Crippen LogP contribution in [-0.2, 0) is 19.3 Å². The molecule has 0 aromatic heterocycles. The maximum atomic E-state index is 12.4. The van der Waals surface area contributed by atoms with E-state index in [1.165, 1.54) is 0 Å². The summed E-state index contributed by atoms with van der Waals surface area (Å²) in [5.74, 6) is -0.744. The third-order valence-corrected chi connectivity index (χ3v) is 4.98. The highest BCUT2D eigenvalue weighted by atomic mass is 32.2. The van der Waals surface area contributed by atoms with E-state index in [9.17, 15) is 9.00 Å². The predicted molar refractivity (Wildman–Crippen MR) is 70.0 cm³/mol. The highest BCUT2D eigenvalue weighted by Crippen LogP contribution is 2.35. The van der Waals surface area contributed by atoms with Gasteiger partial charge in [0, 0.05) is 6.26 Å². The minimum Gasteiger partial charge on any atom is -0.465 e.